The molecule has 0 aliphatic heterocycles. The van der Waals surface area contributed by atoms with E-state index in [1.807, 2.05) is 0 Å². The van der Waals surface area contributed by atoms with Gasteiger partial charge < -0.3 is 15.0 Å². The predicted molar refractivity (Wildman–Crippen MR) is 87.5 cm³/mol. The SMILES string of the molecule is CCCNCc1sc(N(C)CC(C)(C)C)nc1COC. The number of nitrogens with zero attached hydrogens (tertiary/aromatic N) is 2. The largest absolute Gasteiger partial charge is 0.378 e. The van der Waals surface area contributed by atoms with Gasteiger partial charge in [-0.15, -0.1) is 11.3 Å². The van der Waals surface area contributed by atoms with Crippen molar-refractivity contribution in [1.82, 2.24) is 10.3 Å². The van der Waals surface area contributed by atoms with Gasteiger partial charge in [0.25, 0.3) is 0 Å². The number of nitrogens with one attached hydrogen (secondary N) is 1. The second-order valence-electron chi connectivity index (χ2n) is 6.39. The molecule has 0 radical (unpaired) electrons. The average molecular weight is 299 g/mol. The van der Waals surface area contributed by atoms with Gasteiger partial charge >= 0.3 is 0 Å². The summed E-state index contributed by atoms with van der Waals surface area (Å²) >= 11 is 1.77. The molecule has 0 saturated heterocycles. The van der Waals surface area contributed by atoms with Gasteiger partial charge in [0.1, 0.15) is 0 Å². The van der Waals surface area contributed by atoms with Gasteiger partial charge in [-0.05, 0) is 18.4 Å². The molecule has 1 heterocycles. The van der Waals surface area contributed by atoms with Crippen LogP contribution in [0, 0.1) is 5.41 Å². The fourth-order valence-electron chi connectivity index (χ4n) is 2.08. The van der Waals surface area contributed by atoms with Crippen LogP contribution in [0.15, 0.2) is 0 Å². The Hall–Kier alpha value is -0.650. The van der Waals surface area contributed by atoms with Crippen LogP contribution < -0.4 is 10.2 Å². The first-order valence-electron chi connectivity index (χ1n) is 7.26. The van der Waals surface area contributed by atoms with Gasteiger partial charge in [0.15, 0.2) is 5.13 Å². The average Bonchev–Trinajstić information content (AvgIpc) is 2.72. The lowest BCUT2D eigenvalue weighted by Gasteiger charge is -2.26. The summed E-state index contributed by atoms with van der Waals surface area (Å²) in [4.78, 5) is 8.27. The molecule has 0 saturated carbocycles. The molecule has 0 spiro atoms. The first-order chi connectivity index (χ1) is 9.37. The Bertz CT molecular complexity index is 398. The Labute approximate surface area is 127 Å². The van der Waals surface area contributed by atoms with Crippen LogP contribution in [0.2, 0.25) is 0 Å². The van der Waals surface area contributed by atoms with Crippen LogP contribution in [0.4, 0.5) is 5.13 Å². The summed E-state index contributed by atoms with van der Waals surface area (Å²) in [5.41, 5.74) is 1.33. The summed E-state index contributed by atoms with van der Waals surface area (Å²) in [6, 6.07) is 0. The first kappa shape index (κ1) is 17.4. The van der Waals surface area contributed by atoms with Gasteiger partial charge in [-0.2, -0.15) is 0 Å². The van der Waals surface area contributed by atoms with Crippen LogP contribution in [0.25, 0.3) is 0 Å². The van der Waals surface area contributed by atoms with Crippen molar-refractivity contribution in [2.45, 2.75) is 47.3 Å². The molecule has 0 amide bonds. The Kier molecular flexibility index (Phi) is 6.92. The fraction of sp³-hybridized carbons (Fsp3) is 0.800. The summed E-state index contributed by atoms with van der Waals surface area (Å²) in [6.07, 6.45) is 1.15. The highest BCUT2D eigenvalue weighted by molar-refractivity contribution is 7.15. The van der Waals surface area contributed by atoms with Crippen molar-refractivity contribution in [2.75, 3.05) is 32.1 Å². The molecule has 1 aromatic heterocycles. The fourth-order valence-corrected chi connectivity index (χ4v) is 3.07. The summed E-state index contributed by atoms with van der Waals surface area (Å²) < 4.78 is 5.27. The van der Waals surface area contributed by atoms with Gasteiger partial charge in [0.05, 0.1) is 12.3 Å². The molecule has 1 N–H and O–H groups in total. The molecule has 0 atom stereocenters. The number of methoxy groups -OCH3 is 1. The lowest BCUT2D eigenvalue weighted by molar-refractivity contribution is 0.181. The van der Waals surface area contributed by atoms with Crippen LogP contribution in [0.3, 0.4) is 0 Å². The minimum absolute atomic E-state index is 0.266. The monoisotopic (exact) mass is 299 g/mol. The molecule has 0 aliphatic carbocycles. The molecule has 0 unspecified atom stereocenters. The Morgan fingerprint density at radius 1 is 1.35 bits per heavy atom. The molecule has 0 fully saturated rings. The number of thiazole rings is 1. The van der Waals surface area contributed by atoms with Crippen molar-refractivity contribution >= 4 is 16.5 Å². The van der Waals surface area contributed by atoms with Crippen molar-refractivity contribution in [3.05, 3.63) is 10.6 Å². The molecule has 1 rings (SSSR count). The molecular weight excluding hydrogens is 270 g/mol. The van der Waals surface area contributed by atoms with E-state index in [1.165, 1.54) is 4.88 Å². The van der Waals surface area contributed by atoms with Crippen LogP contribution >= 0.6 is 11.3 Å². The van der Waals surface area contributed by atoms with Gasteiger partial charge in [0, 0.05) is 32.1 Å². The highest BCUT2D eigenvalue weighted by Gasteiger charge is 2.18. The topological polar surface area (TPSA) is 37.4 Å². The van der Waals surface area contributed by atoms with Gasteiger partial charge in [-0.1, -0.05) is 27.7 Å². The third-order valence-electron chi connectivity index (χ3n) is 2.80. The molecule has 20 heavy (non-hydrogen) atoms. The number of rotatable bonds is 8. The molecule has 4 nitrogen and oxygen atoms in total. The molecule has 1 aromatic rings. The number of hydrogen-bond acceptors (Lipinski definition) is 5. The van der Waals surface area contributed by atoms with Crippen LogP contribution in [0.5, 0.6) is 0 Å². The van der Waals surface area contributed by atoms with E-state index in [9.17, 15) is 0 Å². The smallest absolute Gasteiger partial charge is 0.185 e. The summed E-state index contributed by atoms with van der Waals surface area (Å²) in [6.45, 7) is 12.4. The zero-order chi connectivity index (χ0) is 15.2. The van der Waals surface area contributed by atoms with E-state index in [0.717, 1.165) is 36.9 Å². The summed E-state index contributed by atoms with van der Waals surface area (Å²) in [5.74, 6) is 0. The third-order valence-corrected chi connectivity index (χ3v) is 4.01. The Morgan fingerprint density at radius 3 is 2.60 bits per heavy atom. The maximum atomic E-state index is 5.27. The lowest BCUT2D eigenvalue weighted by Crippen LogP contribution is -2.28. The maximum Gasteiger partial charge on any atom is 0.185 e. The number of ether oxygens (including phenoxy) is 1. The third kappa shape index (κ3) is 5.77. The second-order valence-corrected chi connectivity index (χ2v) is 7.45. The minimum atomic E-state index is 0.266. The van der Waals surface area contributed by atoms with E-state index in [1.54, 1.807) is 18.4 Å². The standard InChI is InChI=1S/C15H29N3OS/c1-7-8-16-9-13-12(10-19-6)17-14(20-13)18(5)11-15(2,3)4/h16H,7-11H2,1-6H3. The van der Waals surface area contributed by atoms with Gasteiger partial charge in [-0.25, -0.2) is 4.98 Å². The van der Waals surface area contributed by atoms with Crippen LogP contribution in [0.1, 0.15) is 44.7 Å². The van der Waals surface area contributed by atoms with Crippen molar-refractivity contribution in [3.8, 4) is 0 Å². The molecule has 5 heteroatoms. The van der Waals surface area contributed by atoms with Crippen molar-refractivity contribution in [1.29, 1.82) is 0 Å². The summed E-state index contributed by atoms with van der Waals surface area (Å²) in [5, 5.41) is 4.53. The second kappa shape index (κ2) is 7.96. The predicted octanol–water partition coefficient (Wildman–Crippen LogP) is 3.27. The highest BCUT2D eigenvalue weighted by Crippen LogP contribution is 2.28. The summed E-state index contributed by atoms with van der Waals surface area (Å²) in [7, 11) is 3.84. The van der Waals surface area contributed by atoms with Crippen LogP contribution in [-0.2, 0) is 17.9 Å². The van der Waals surface area contributed by atoms with E-state index >= 15 is 0 Å². The van der Waals surface area contributed by atoms with E-state index < -0.39 is 0 Å². The number of hydrogen-bond donors (Lipinski definition) is 1. The zero-order valence-corrected chi connectivity index (χ0v) is 14.6. The molecule has 0 aliphatic rings. The minimum Gasteiger partial charge on any atom is -0.378 e. The Morgan fingerprint density at radius 2 is 2.05 bits per heavy atom. The van der Waals surface area contributed by atoms with Crippen molar-refractivity contribution in [2.24, 2.45) is 5.41 Å². The molecule has 0 bridgehead atoms. The molecule has 0 aromatic carbocycles. The molecular formula is C15H29N3OS. The van der Waals surface area contributed by atoms with Gasteiger partial charge in [-0.3, -0.25) is 0 Å². The number of anilines is 1. The van der Waals surface area contributed by atoms with Crippen molar-refractivity contribution < 1.29 is 4.74 Å². The number of aromatic nitrogens is 1. The highest BCUT2D eigenvalue weighted by atomic mass is 32.1. The maximum absolute atomic E-state index is 5.27. The zero-order valence-electron chi connectivity index (χ0n) is 13.7. The molecule has 116 valence electrons. The normalized spacial score (nSPS) is 11.9. The Balaban J connectivity index is 2.79. The first-order valence-corrected chi connectivity index (χ1v) is 8.08. The van der Waals surface area contributed by atoms with E-state index in [-0.39, 0.29) is 5.41 Å². The van der Waals surface area contributed by atoms with E-state index in [2.05, 4.69) is 45.0 Å². The van der Waals surface area contributed by atoms with Crippen LogP contribution in [-0.4, -0.2) is 32.2 Å². The van der Waals surface area contributed by atoms with Crippen molar-refractivity contribution in [3.63, 3.8) is 0 Å². The van der Waals surface area contributed by atoms with Gasteiger partial charge in [0.2, 0.25) is 0 Å². The quantitative estimate of drug-likeness (QED) is 0.748. The van der Waals surface area contributed by atoms with E-state index in [4.69, 9.17) is 9.72 Å². The van der Waals surface area contributed by atoms with E-state index in [0.29, 0.717) is 6.61 Å². The lowest BCUT2D eigenvalue weighted by atomic mass is 9.96.